The van der Waals surface area contributed by atoms with Gasteiger partial charge in [-0.3, -0.25) is 18.7 Å². The molecule has 4 rings (SSSR count). The van der Waals surface area contributed by atoms with Crippen LogP contribution in [0.1, 0.15) is 55.9 Å². The Hall–Kier alpha value is -3.74. The van der Waals surface area contributed by atoms with Gasteiger partial charge in [0.2, 0.25) is 13.3 Å². The van der Waals surface area contributed by atoms with Crippen LogP contribution in [0.25, 0.3) is 0 Å². The molecule has 1 aliphatic heterocycles. The largest absolute Gasteiger partial charge is 0.459 e. The summed E-state index contributed by atoms with van der Waals surface area (Å²) < 4.78 is 30.8. The van der Waals surface area contributed by atoms with Crippen molar-refractivity contribution in [3.8, 4) is 0 Å². The van der Waals surface area contributed by atoms with Gasteiger partial charge in [-0.25, -0.2) is 4.79 Å². The number of aryl methyl sites for hydroxylation is 1. The fourth-order valence-corrected chi connectivity index (χ4v) is 6.95. The van der Waals surface area contributed by atoms with Crippen molar-refractivity contribution in [1.29, 1.82) is 0 Å². The summed E-state index contributed by atoms with van der Waals surface area (Å²) in [6.07, 6.45) is 2.13. The molecule has 0 bridgehead atoms. The molecule has 0 saturated carbocycles. The molecule has 1 aliphatic rings. The van der Waals surface area contributed by atoms with Crippen molar-refractivity contribution in [2.24, 2.45) is 5.41 Å². The van der Waals surface area contributed by atoms with Crippen molar-refractivity contribution in [1.82, 2.24) is 4.90 Å². The molecule has 8 nitrogen and oxygen atoms in total. The summed E-state index contributed by atoms with van der Waals surface area (Å²) in [5.41, 5.74) is 3.14. The Morgan fingerprint density at radius 3 is 2.09 bits per heavy atom. The maximum atomic E-state index is 14.2. The second-order valence-corrected chi connectivity index (χ2v) is 14.8. The van der Waals surface area contributed by atoms with Crippen LogP contribution in [0.15, 0.2) is 84.9 Å². The summed E-state index contributed by atoms with van der Waals surface area (Å²) in [6.45, 7) is 4.91. The number of ether oxygens (including phenoxy) is 2. The maximum Gasteiger partial charge on any atom is 0.329 e. The Balaban J connectivity index is 1.47. The molecule has 1 heterocycles. The van der Waals surface area contributed by atoms with Crippen molar-refractivity contribution in [3.63, 3.8) is 0 Å². The van der Waals surface area contributed by atoms with Crippen molar-refractivity contribution < 1.29 is 32.9 Å². The highest BCUT2D eigenvalue weighted by Crippen LogP contribution is 2.48. The van der Waals surface area contributed by atoms with Crippen LogP contribution in [0.3, 0.4) is 0 Å². The second kappa shape index (κ2) is 15.3. The summed E-state index contributed by atoms with van der Waals surface area (Å²) in [5, 5.41) is 0. The van der Waals surface area contributed by atoms with E-state index >= 15 is 0 Å². The van der Waals surface area contributed by atoms with Crippen LogP contribution < -0.4 is 0 Å². The molecule has 0 radical (unpaired) electrons. The van der Waals surface area contributed by atoms with Crippen molar-refractivity contribution in [2.75, 3.05) is 19.1 Å². The van der Waals surface area contributed by atoms with E-state index in [9.17, 15) is 18.9 Å². The minimum atomic E-state index is -3.60. The minimum absolute atomic E-state index is 0.0853. The molecule has 9 heteroatoms. The van der Waals surface area contributed by atoms with E-state index in [-0.39, 0.29) is 19.3 Å². The lowest BCUT2D eigenvalue weighted by Crippen LogP contribution is -2.50. The van der Waals surface area contributed by atoms with Gasteiger partial charge < -0.3 is 14.4 Å². The zero-order valence-electron chi connectivity index (χ0n) is 25.8. The zero-order chi connectivity index (χ0) is 31.6. The SMILES string of the molecule is CC(C)(C)C(=O)OCOP(=O)(CCCCc1ccccc1)CC(=O)N1Cc2ccccc2C[C@H]1C(=O)OCc1ccccc1. The molecule has 0 saturated heterocycles. The first kappa shape index (κ1) is 33.2. The Morgan fingerprint density at radius 1 is 0.818 bits per heavy atom. The van der Waals surface area contributed by atoms with Gasteiger partial charge in [-0.1, -0.05) is 84.9 Å². The van der Waals surface area contributed by atoms with Crippen LogP contribution in [0.4, 0.5) is 0 Å². The lowest BCUT2D eigenvalue weighted by atomic mass is 9.94. The molecule has 1 amide bonds. The Morgan fingerprint density at radius 2 is 1.43 bits per heavy atom. The zero-order valence-corrected chi connectivity index (χ0v) is 26.7. The van der Waals surface area contributed by atoms with E-state index in [2.05, 4.69) is 0 Å². The Labute approximate surface area is 260 Å². The van der Waals surface area contributed by atoms with E-state index in [1.54, 1.807) is 20.8 Å². The predicted octanol–water partition coefficient (Wildman–Crippen LogP) is 6.55. The fourth-order valence-electron chi connectivity index (χ4n) is 5.03. The third kappa shape index (κ3) is 9.63. The van der Waals surface area contributed by atoms with Crippen LogP contribution in [0.2, 0.25) is 0 Å². The highest BCUT2D eigenvalue weighted by Gasteiger charge is 2.39. The molecule has 0 aliphatic carbocycles. The average molecular weight is 620 g/mol. The standard InChI is InChI=1S/C35H42NO7P/c1-35(2,3)34(39)42-26-43-44(40,21-13-12-16-27-14-6-4-7-15-27)25-32(37)36-23-30-20-11-10-19-29(30)22-31(36)33(38)41-24-28-17-8-5-9-18-28/h4-11,14-15,17-20,31H,12-13,16,21-26H2,1-3H3/t31-,44?/m0/s1. The van der Waals surface area contributed by atoms with Crippen molar-refractivity contribution in [3.05, 3.63) is 107 Å². The third-order valence-corrected chi connectivity index (χ3v) is 9.91. The topological polar surface area (TPSA) is 99.2 Å². The second-order valence-electron chi connectivity index (χ2n) is 12.2. The molecular weight excluding hydrogens is 577 g/mol. The van der Waals surface area contributed by atoms with E-state index in [0.717, 1.165) is 29.5 Å². The van der Waals surface area contributed by atoms with Crippen LogP contribution in [0.5, 0.6) is 0 Å². The van der Waals surface area contributed by atoms with Crippen LogP contribution in [-0.2, 0) is 58.9 Å². The molecular formula is C35H42NO7P. The molecule has 0 N–H and O–H groups in total. The first-order valence-electron chi connectivity index (χ1n) is 15.0. The molecule has 234 valence electrons. The number of carbonyl (C=O) groups excluding carboxylic acids is 3. The average Bonchev–Trinajstić information content (AvgIpc) is 3.02. The summed E-state index contributed by atoms with van der Waals surface area (Å²) in [4.78, 5) is 41.0. The first-order valence-corrected chi connectivity index (χ1v) is 17.0. The smallest absolute Gasteiger partial charge is 0.329 e. The normalized spacial score (nSPS) is 16.0. The van der Waals surface area contributed by atoms with E-state index in [4.69, 9.17) is 14.0 Å². The Bertz CT molecular complexity index is 1450. The predicted molar refractivity (Wildman–Crippen MR) is 169 cm³/mol. The van der Waals surface area contributed by atoms with E-state index < -0.39 is 49.6 Å². The summed E-state index contributed by atoms with van der Waals surface area (Å²) in [7, 11) is -3.60. The highest BCUT2D eigenvalue weighted by atomic mass is 31.2. The number of benzene rings is 3. The van der Waals surface area contributed by atoms with Gasteiger partial charge in [0.05, 0.1) is 5.41 Å². The minimum Gasteiger partial charge on any atom is -0.459 e. The van der Waals surface area contributed by atoms with Crippen LogP contribution in [0, 0.1) is 5.41 Å². The van der Waals surface area contributed by atoms with E-state index in [1.165, 1.54) is 10.5 Å². The number of fused-ring (bicyclic) bond motifs is 1. The number of hydrogen-bond donors (Lipinski definition) is 0. The quantitative estimate of drug-likeness (QED) is 0.0926. The molecule has 3 aromatic carbocycles. The number of unbranched alkanes of at least 4 members (excludes halogenated alkanes) is 1. The lowest BCUT2D eigenvalue weighted by Gasteiger charge is -2.36. The molecule has 1 unspecified atom stereocenters. The van der Waals surface area contributed by atoms with Gasteiger partial charge >= 0.3 is 11.9 Å². The molecule has 0 aromatic heterocycles. The number of rotatable bonds is 13. The van der Waals surface area contributed by atoms with Gasteiger partial charge in [-0.05, 0) is 62.3 Å². The van der Waals surface area contributed by atoms with Gasteiger partial charge in [0, 0.05) is 19.1 Å². The number of esters is 2. The highest BCUT2D eigenvalue weighted by molar-refractivity contribution is 7.59. The van der Waals surface area contributed by atoms with E-state index in [0.29, 0.717) is 12.8 Å². The summed E-state index contributed by atoms with van der Waals surface area (Å²) in [5.74, 6) is -1.47. The van der Waals surface area contributed by atoms with Crippen molar-refractivity contribution in [2.45, 2.75) is 65.6 Å². The van der Waals surface area contributed by atoms with Gasteiger partial charge in [0.25, 0.3) is 0 Å². The number of amides is 1. The molecule has 0 fully saturated rings. The fraction of sp³-hybridized carbons (Fsp3) is 0.400. The lowest BCUT2D eigenvalue weighted by molar-refractivity contribution is -0.159. The monoisotopic (exact) mass is 619 g/mol. The summed E-state index contributed by atoms with van der Waals surface area (Å²) in [6, 6.07) is 26.1. The summed E-state index contributed by atoms with van der Waals surface area (Å²) >= 11 is 0. The van der Waals surface area contributed by atoms with Gasteiger partial charge in [0.1, 0.15) is 18.8 Å². The molecule has 3 aromatic rings. The van der Waals surface area contributed by atoms with E-state index in [1.807, 2.05) is 84.9 Å². The van der Waals surface area contributed by atoms with Gasteiger partial charge in [-0.2, -0.15) is 0 Å². The van der Waals surface area contributed by atoms with Gasteiger partial charge in [0.15, 0.2) is 6.79 Å². The molecule has 44 heavy (non-hydrogen) atoms. The molecule has 2 atom stereocenters. The Kier molecular flexibility index (Phi) is 11.5. The number of nitrogens with zero attached hydrogens (tertiary/aromatic N) is 1. The van der Waals surface area contributed by atoms with Crippen LogP contribution in [-0.4, -0.2) is 47.9 Å². The van der Waals surface area contributed by atoms with Crippen LogP contribution >= 0.6 is 7.37 Å². The van der Waals surface area contributed by atoms with Crippen molar-refractivity contribution >= 4 is 25.2 Å². The third-order valence-electron chi connectivity index (χ3n) is 7.59. The van der Waals surface area contributed by atoms with Gasteiger partial charge in [-0.15, -0.1) is 0 Å². The number of hydrogen-bond acceptors (Lipinski definition) is 7. The maximum absolute atomic E-state index is 14.2. The number of carbonyl (C=O) groups is 3. The first-order chi connectivity index (χ1) is 21.0. The molecule has 0 spiro atoms.